The predicted molar refractivity (Wildman–Crippen MR) is 69.2 cm³/mol. The molecule has 2 unspecified atom stereocenters. The van der Waals surface area contributed by atoms with Gasteiger partial charge in [-0.1, -0.05) is 11.6 Å². The number of β-amino-alcohol motifs (C(OH)–C–C–N with tert-alkyl or cyclic N) is 1. The van der Waals surface area contributed by atoms with Crippen molar-refractivity contribution in [2.24, 2.45) is 0 Å². The number of anilines is 1. The van der Waals surface area contributed by atoms with Gasteiger partial charge in [-0.2, -0.15) is 0 Å². The molecule has 102 valence electrons. The quantitative estimate of drug-likeness (QED) is 0.565. The van der Waals surface area contributed by atoms with Crippen molar-refractivity contribution in [1.29, 1.82) is 0 Å². The number of rotatable bonds is 3. The highest BCUT2D eigenvalue weighted by Crippen LogP contribution is 2.27. The molecule has 0 aliphatic carbocycles. The van der Waals surface area contributed by atoms with E-state index in [1.54, 1.807) is 0 Å². The summed E-state index contributed by atoms with van der Waals surface area (Å²) in [4.78, 5) is 21.8. The summed E-state index contributed by atoms with van der Waals surface area (Å²) in [6, 6.07) is 3.49. The van der Waals surface area contributed by atoms with Gasteiger partial charge in [-0.05, 0) is 18.6 Å². The van der Waals surface area contributed by atoms with Gasteiger partial charge < -0.3 is 15.7 Å². The van der Waals surface area contributed by atoms with Crippen LogP contribution in [-0.2, 0) is 4.79 Å². The third-order valence-electron chi connectivity index (χ3n) is 2.84. The normalized spacial score (nSPS) is 22.2. The van der Waals surface area contributed by atoms with Crippen LogP contribution in [0.25, 0.3) is 0 Å². The first-order valence-corrected chi connectivity index (χ1v) is 6.01. The minimum absolute atomic E-state index is 0.0396. The maximum Gasteiger partial charge on any atom is 0.288 e. The molecule has 8 heteroatoms. The molecular formula is C11H12ClN3O4. The smallest absolute Gasteiger partial charge is 0.288 e. The van der Waals surface area contributed by atoms with Gasteiger partial charge in [0.15, 0.2) is 0 Å². The zero-order chi connectivity index (χ0) is 14.0. The average molecular weight is 286 g/mol. The lowest BCUT2D eigenvalue weighted by atomic mass is 10.2. The second kappa shape index (κ2) is 5.52. The molecule has 0 aromatic heterocycles. The molecule has 1 saturated heterocycles. The number of hydrogen-bond acceptors (Lipinski definition) is 5. The number of carbonyl (C=O) groups is 1. The van der Waals surface area contributed by atoms with Crippen LogP contribution in [0, 0.1) is 10.1 Å². The molecule has 1 heterocycles. The third-order valence-corrected chi connectivity index (χ3v) is 3.14. The van der Waals surface area contributed by atoms with Crippen molar-refractivity contribution in [2.75, 3.05) is 11.9 Å². The van der Waals surface area contributed by atoms with Gasteiger partial charge in [-0.25, -0.2) is 0 Å². The summed E-state index contributed by atoms with van der Waals surface area (Å²) >= 11 is 5.74. The van der Waals surface area contributed by atoms with Crippen molar-refractivity contribution in [3.05, 3.63) is 33.3 Å². The number of hydrogen-bond donors (Lipinski definition) is 3. The van der Waals surface area contributed by atoms with Gasteiger partial charge in [0.2, 0.25) is 5.91 Å². The summed E-state index contributed by atoms with van der Waals surface area (Å²) in [6.45, 7) is 0.374. The molecule has 3 N–H and O–H groups in total. The fourth-order valence-electron chi connectivity index (χ4n) is 1.88. The molecule has 0 saturated carbocycles. The summed E-state index contributed by atoms with van der Waals surface area (Å²) in [5.41, 5.74) is 0.165. The Morgan fingerprint density at radius 3 is 2.84 bits per heavy atom. The van der Waals surface area contributed by atoms with Crippen molar-refractivity contribution in [3.8, 4) is 0 Å². The molecule has 1 aromatic rings. The highest BCUT2D eigenvalue weighted by atomic mass is 35.5. The largest absolute Gasteiger partial charge is 0.392 e. The van der Waals surface area contributed by atoms with Gasteiger partial charge in [-0.3, -0.25) is 14.9 Å². The van der Waals surface area contributed by atoms with Crippen molar-refractivity contribution in [3.63, 3.8) is 0 Å². The molecule has 1 aromatic carbocycles. The Labute approximate surface area is 113 Å². The lowest BCUT2D eigenvalue weighted by Gasteiger charge is -2.11. The summed E-state index contributed by atoms with van der Waals surface area (Å²) in [6.07, 6.45) is -0.191. The van der Waals surface area contributed by atoms with Gasteiger partial charge >= 0.3 is 0 Å². The Hall–Kier alpha value is -1.70. The zero-order valence-electron chi connectivity index (χ0n) is 9.80. The average Bonchev–Trinajstić information content (AvgIpc) is 2.75. The highest BCUT2D eigenvalue weighted by molar-refractivity contribution is 6.33. The third kappa shape index (κ3) is 3.19. The monoisotopic (exact) mass is 285 g/mol. The number of aliphatic hydroxyl groups is 1. The van der Waals surface area contributed by atoms with Crippen molar-refractivity contribution < 1.29 is 14.8 Å². The fourth-order valence-corrected chi connectivity index (χ4v) is 2.13. The summed E-state index contributed by atoms with van der Waals surface area (Å²) in [5, 5.41) is 25.3. The lowest BCUT2D eigenvalue weighted by molar-refractivity contribution is -0.384. The first-order valence-electron chi connectivity index (χ1n) is 5.63. The zero-order valence-corrected chi connectivity index (χ0v) is 10.6. The lowest BCUT2D eigenvalue weighted by Crippen LogP contribution is -2.35. The molecule has 0 radical (unpaired) electrons. The Kier molecular flexibility index (Phi) is 3.98. The van der Waals surface area contributed by atoms with E-state index in [4.69, 9.17) is 11.6 Å². The number of amides is 1. The van der Waals surface area contributed by atoms with E-state index < -0.39 is 17.1 Å². The number of nitrogens with zero attached hydrogens (tertiary/aromatic N) is 1. The molecular weight excluding hydrogens is 274 g/mol. The van der Waals surface area contributed by atoms with Gasteiger partial charge in [0.1, 0.15) is 5.02 Å². The maximum absolute atomic E-state index is 11.8. The molecule has 1 amide bonds. The molecule has 2 rings (SSSR count). The van der Waals surface area contributed by atoms with Crippen molar-refractivity contribution in [1.82, 2.24) is 5.32 Å². The SMILES string of the molecule is O=C(Nc1ccc([N+](=O)[O-])c(Cl)c1)C1CC(O)CN1. The van der Waals surface area contributed by atoms with E-state index in [9.17, 15) is 20.0 Å². The van der Waals surface area contributed by atoms with Crippen LogP contribution < -0.4 is 10.6 Å². The Bertz CT molecular complexity index is 523. The van der Waals surface area contributed by atoms with Crippen molar-refractivity contribution in [2.45, 2.75) is 18.6 Å². The van der Waals surface area contributed by atoms with Gasteiger partial charge in [0, 0.05) is 18.3 Å². The molecule has 7 nitrogen and oxygen atoms in total. The number of nitrogens with one attached hydrogen (secondary N) is 2. The molecule has 1 aliphatic rings. The van der Waals surface area contributed by atoms with E-state index in [0.29, 0.717) is 18.7 Å². The minimum atomic E-state index is -0.594. The molecule has 0 bridgehead atoms. The first kappa shape index (κ1) is 13.7. The topological polar surface area (TPSA) is 104 Å². The van der Waals surface area contributed by atoms with E-state index in [1.807, 2.05) is 0 Å². The van der Waals surface area contributed by atoms with Gasteiger partial charge in [-0.15, -0.1) is 0 Å². The fraction of sp³-hybridized carbons (Fsp3) is 0.364. The van der Waals surface area contributed by atoms with Gasteiger partial charge in [0.05, 0.1) is 17.1 Å². The maximum atomic E-state index is 11.8. The Morgan fingerprint density at radius 1 is 1.58 bits per heavy atom. The second-order valence-electron chi connectivity index (χ2n) is 4.26. The first-order chi connectivity index (χ1) is 8.97. The number of halogens is 1. The molecule has 2 atom stereocenters. The molecule has 19 heavy (non-hydrogen) atoms. The Morgan fingerprint density at radius 2 is 2.32 bits per heavy atom. The van der Waals surface area contributed by atoms with E-state index in [-0.39, 0.29) is 16.6 Å². The van der Waals surface area contributed by atoms with Crippen molar-refractivity contribution >= 4 is 28.9 Å². The highest BCUT2D eigenvalue weighted by Gasteiger charge is 2.28. The van der Waals surface area contributed by atoms with E-state index in [0.717, 1.165) is 0 Å². The number of aliphatic hydroxyl groups excluding tert-OH is 1. The molecule has 0 spiro atoms. The van der Waals surface area contributed by atoms with Crippen LogP contribution in [0.2, 0.25) is 5.02 Å². The standard InChI is InChI=1S/C11H12ClN3O4/c12-8-3-6(1-2-10(8)15(18)19)14-11(17)9-4-7(16)5-13-9/h1-3,7,9,13,16H,4-5H2,(H,14,17). The predicted octanol–water partition coefficient (Wildman–Crippen LogP) is 0.909. The van der Waals surface area contributed by atoms with E-state index >= 15 is 0 Å². The van der Waals surface area contributed by atoms with Crippen LogP contribution >= 0.6 is 11.6 Å². The number of nitro groups is 1. The minimum Gasteiger partial charge on any atom is -0.392 e. The molecule has 1 fully saturated rings. The molecule has 1 aliphatic heterocycles. The van der Waals surface area contributed by atoms with Crippen LogP contribution in [0.4, 0.5) is 11.4 Å². The number of benzene rings is 1. The van der Waals surface area contributed by atoms with Crippen LogP contribution in [0.3, 0.4) is 0 Å². The van der Waals surface area contributed by atoms with E-state index in [1.165, 1.54) is 18.2 Å². The Balaban J connectivity index is 2.05. The van der Waals surface area contributed by atoms with Gasteiger partial charge in [0.25, 0.3) is 5.69 Å². The van der Waals surface area contributed by atoms with Crippen LogP contribution in [0.1, 0.15) is 6.42 Å². The van der Waals surface area contributed by atoms with Crippen LogP contribution in [-0.4, -0.2) is 34.6 Å². The van der Waals surface area contributed by atoms with Crippen LogP contribution in [0.5, 0.6) is 0 Å². The number of nitro benzene ring substituents is 1. The second-order valence-corrected chi connectivity index (χ2v) is 4.67. The summed E-state index contributed by atoms with van der Waals surface area (Å²) in [5.74, 6) is -0.304. The van der Waals surface area contributed by atoms with E-state index in [2.05, 4.69) is 10.6 Å². The summed E-state index contributed by atoms with van der Waals surface area (Å²) in [7, 11) is 0. The summed E-state index contributed by atoms with van der Waals surface area (Å²) < 4.78 is 0. The van der Waals surface area contributed by atoms with Crippen LogP contribution in [0.15, 0.2) is 18.2 Å². The number of carbonyl (C=O) groups excluding carboxylic acids is 1.